The molecule has 2 aromatic rings. The van der Waals surface area contributed by atoms with E-state index in [0.717, 1.165) is 30.2 Å². The smallest absolute Gasteiger partial charge is 0.122 e. The second kappa shape index (κ2) is 4.26. The van der Waals surface area contributed by atoms with Gasteiger partial charge in [-0.3, -0.25) is 0 Å². The van der Waals surface area contributed by atoms with E-state index in [1.807, 2.05) is 18.2 Å². The van der Waals surface area contributed by atoms with Gasteiger partial charge in [-0.05, 0) is 17.2 Å². The molecule has 0 aliphatic carbocycles. The van der Waals surface area contributed by atoms with Crippen LogP contribution in [0.2, 0.25) is 0 Å². The van der Waals surface area contributed by atoms with Crippen LogP contribution in [0.5, 0.6) is 5.75 Å². The van der Waals surface area contributed by atoms with Crippen molar-refractivity contribution in [2.45, 2.75) is 13.1 Å². The second-order valence-corrected chi connectivity index (χ2v) is 4.59. The summed E-state index contributed by atoms with van der Waals surface area (Å²) >= 11 is 0. The lowest BCUT2D eigenvalue weighted by atomic mass is 10.1. The van der Waals surface area contributed by atoms with Crippen LogP contribution in [0.15, 0.2) is 42.5 Å². The van der Waals surface area contributed by atoms with Gasteiger partial charge in [-0.2, -0.15) is 0 Å². The molecule has 0 amide bonds. The molecule has 0 bridgehead atoms. The van der Waals surface area contributed by atoms with E-state index in [-0.39, 0.29) is 0 Å². The zero-order valence-electron chi connectivity index (χ0n) is 10.4. The van der Waals surface area contributed by atoms with Crippen molar-refractivity contribution in [1.82, 2.24) is 0 Å². The van der Waals surface area contributed by atoms with Crippen molar-refractivity contribution in [2.75, 3.05) is 17.7 Å². The molecule has 2 N–H and O–H groups in total. The van der Waals surface area contributed by atoms with Gasteiger partial charge in [0.1, 0.15) is 5.75 Å². The highest BCUT2D eigenvalue weighted by molar-refractivity contribution is 5.62. The van der Waals surface area contributed by atoms with Crippen LogP contribution < -0.4 is 15.4 Å². The summed E-state index contributed by atoms with van der Waals surface area (Å²) < 4.78 is 5.27. The lowest BCUT2D eigenvalue weighted by Gasteiger charge is -2.19. The number of nitrogen functional groups attached to an aromatic ring is 1. The number of rotatable bonds is 2. The molecule has 1 heterocycles. The Morgan fingerprint density at radius 1 is 1.06 bits per heavy atom. The van der Waals surface area contributed by atoms with E-state index >= 15 is 0 Å². The van der Waals surface area contributed by atoms with Gasteiger partial charge in [0.25, 0.3) is 0 Å². The molecule has 0 saturated heterocycles. The number of anilines is 2. The molecule has 92 valence electrons. The summed E-state index contributed by atoms with van der Waals surface area (Å²) in [5, 5.41) is 0. The third-order valence-electron chi connectivity index (χ3n) is 3.36. The number of hydrogen-bond acceptors (Lipinski definition) is 3. The van der Waals surface area contributed by atoms with Crippen LogP contribution in [0, 0.1) is 0 Å². The van der Waals surface area contributed by atoms with Gasteiger partial charge in [-0.1, -0.05) is 24.3 Å². The molecular weight excluding hydrogens is 224 g/mol. The Balaban J connectivity index is 1.92. The SMILES string of the molecule is COc1cc(N)cc(N2Cc3ccccc3C2)c1. The summed E-state index contributed by atoms with van der Waals surface area (Å²) in [7, 11) is 1.66. The molecule has 0 saturated carbocycles. The summed E-state index contributed by atoms with van der Waals surface area (Å²) in [5.74, 6) is 0.806. The van der Waals surface area contributed by atoms with E-state index < -0.39 is 0 Å². The lowest BCUT2D eigenvalue weighted by molar-refractivity contribution is 0.415. The third kappa shape index (κ3) is 1.88. The van der Waals surface area contributed by atoms with Gasteiger partial charge in [0.15, 0.2) is 0 Å². The van der Waals surface area contributed by atoms with E-state index in [0.29, 0.717) is 0 Å². The molecule has 0 fully saturated rings. The third-order valence-corrected chi connectivity index (χ3v) is 3.36. The predicted octanol–water partition coefficient (Wildman–Crippen LogP) is 2.80. The Morgan fingerprint density at radius 3 is 2.33 bits per heavy atom. The molecule has 18 heavy (non-hydrogen) atoms. The first-order valence-electron chi connectivity index (χ1n) is 6.02. The molecule has 3 rings (SSSR count). The number of benzene rings is 2. The van der Waals surface area contributed by atoms with Gasteiger partial charge in [-0.15, -0.1) is 0 Å². The largest absolute Gasteiger partial charge is 0.497 e. The Hall–Kier alpha value is -2.16. The number of nitrogens with two attached hydrogens (primary N) is 1. The molecule has 3 nitrogen and oxygen atoms in total. The molecule has 0 unspecified atom stereocenters. The first-order valence-corrected chi connectivity index (χ1v) is 6.02. The summed E-state index contributed by atoms with van der Waals surface area (Å²) in [5.41, 5.74) is 10.5. The fourth-order valence-corrected chi connectivity index (χ4v) is 2.42. The molecule has 0 aromatic heterocycles. The van der Waals surface area contributed by atoms with E-state index in [2.05, 4.69) is 29.2 Å². The molecule has 0 atom stereocenters. The van der Waals surface area contributed by atoms with Crippen molar-refractivity contribution < 1.29 is 4.74 Å². The molecule has 1 aliphatic heterocycles. The summed E-state index contributed by atoms with van der Waals surface area (Å²) in [6.07, 6.45) is 0. The minimum atomic E-state index is 0.736. The zero-order chi connectivity index (χ0) is 12.5. The highest BCUT2D eigenvalue weighted by atomic mass is 16.5. The fourth-order valence-electron chi connectivity index (χ4n) is 2.42. The van der Waals surface area contributed by atoms with Crippen molar-refractivity contribution in [2.24, 2.45) is 0 Å². The number of fused-ring (bicyclic) bond motifs is 1. The van der Waals surface area contributed by atoms with E-state index in [4.69, 9.17) is 10.5 Å². The van der Waals surface area contributed by atoms with Gasteiger partial charge >= 0.3 is 0 Å². The average Bonchev–Trinajstić information content (AvgIpc) is 2.81. The standard InChI is InChI=1S/C15H16N2O/c1-18-15-7-13(16)6-14(8-15)17-9-11-4-2-3-5-12(11)10-17/h2-8H,9-10,16H2,1H3. The maximum absolute atomic E-state index is 5.90. The number of nitrogens with zero attached hydrogens (tertiary/aromatic N) is 1. The van der Waals surface area contributed by atoms with Crippen LogP contribution in [-0.2, 0) is 13.1 Å². The van der Waals surface area contributed by atoms with Crippen LogP contribution in [0.25, 0.3) is 0 Å². The first kappa shape index (κ1) is 11.0. The van der Waals surface area contributed by atoms with Gasteiger partial charge in [0.05, 0.1) is 7.11 Å². The highest BCUT2D eigenvalue weighted by Gasteiger charge is 2.19. The Labute approximate surface area is 107 Å². The number of ether oxygens (including phenoxy) is 1. The van der Waals surface area contributed by atoms with Crippen LogP contribution in [0.1, 0.15) is 11.1 Å². The van der Waals surface area contributed by atoms with Crippen molar-refractivity contribution in [3.63, 3.8) is 0 Å². The number of hydrogen-bond donors (Lipinski definition) is 1. The normalized spacial score (nSPS) is 13.5. The predicted molar refractivity (Wildman–Crippen MR) is 73.7 cm³/mol. The summed E-state index contributed by atoms with van der Waals surface area (Å²) in [6.45, 7) is 1.87. The van der Waals surface area contributed by atoms with Crippen LogP contribution in [0.4, 0.5) is 11.4 Å². The zero-order valence-corrected chi connectivity index (χ0v) is 10.4. The quantitative estimate of drug-likeness (QED) is 0.820. The van der Waals surface area contributed by atoms with Crippen molar-refractivity contribution in [1.29, 1.82) is 0 Å². The molecule has 0 spiro atoms. The van der Waals surface area contributed by atoms with Crippen LogP contribution in [-0.4, -0.2) is 7.11 Å². The molecule has 2 aromatic carbocycles. The molecule has 1 aliphatic rings. The maximum Gasteiger partial charge on any atom is 0.122 e. The molecule has 0 radical (unpaired) electrons. The van der Waals surface area contributed by atoms with Gasteiger partial charge in [0.2, 0.25) is 0 Å². The van der Waals surface area contributed by atoms with Crippen LogP contribution >= 0.6 is 0 Å². The second-order valence-electron chi connectivity index (χ2n) is 4.59. The molecule has 3 heteroatoms. The van der Waals surface area contributed by atoms with Crippen molar-refractivity contribution in [3.8, 4) is 5.75 Å². The average molecular weight is 240 g/mol. The Bertz CT molecular complexity index is 555. The van der Waals surface area contributed by atoms with E-state index in [9.17, 15) is 0 Å². The highest BCUT2D eigenvalue weighted by Crippen LogP contribution is 2.31. The van der Waals surface area contributed by atoms with E-state index in [1.54, 1.807) is 7.11 Å². The van der Waals surface area contributed by atoms with Crippen LogP contribution in [0.3, 0.4) is 0 Å². The van der Waals surface area contributed by atoms with Gasteiger partial charge in [0, 0.05) is 36.6 Å². The fraction of sp³-hybridized carbons (Fsp3) is 0.200. The van der Waals surface area contributed by atoms with Crippen molar-refractivity contribution in [3.05, 3.63) is 53.6 Å². The minimum Gasteiger partial charge on any atom is -0.497 e. The Kier molecular flexibility index (Phi) is 2.59. The first-order chi connectivity index (χ1) is 8.76. The topological polar surface area (TPSA) is 38.5 Å². The Morgan fingerprint density at radius 2 is 1.72 bits per heavy atom. The van der Waals surface area contributed by atoms with E-state index in [1.165, 1.54) is 11.1 Å². The molecular formula is C15H16N2O. The number of methoxy groups -OCH3 is 1. The van der Waals surface area contributed by atoms with Gasteiger partial charge < -0.3 is 15.4 Å². The van der Waals surface area contributed by atoms with Gasteiger partial charge in [-0.25, -0.2) is 0 Å². The summed E-state index contributed by atoms with van der Waals surface area (Å²) in [6, 6.07) is 14.4. The maximum atomic E-state index is 5.90. The minimum absolute atomic E-state index is 0.736. The summed E-state index contributed by atoms with van der Waals surface area (Å²) in [4.78, 5) is 2.31. The monoisotopic (exact) mass is 240 g/mol. The lowest BCUT2D eigenvalue weighted by Crippen LogP contribution is -2.14. The van der Waals surface area contributed by atoms with Crippen molar-refractivity contribution >= 4 is 11.4 Å².